The number of benzene rings is 1. The molecule has 2 fully saturated rings. The fourth-order valence-corrected chi connectivity index (χ4v) is 5.37. The third kappa shape index (κ3) is 3.63. The zero-order chi connectivity index (χ0) is 22.3. The highest BCUT2D eigenvalue weighted by atomic mass is 32.1. The summed E-state index contributed by atoms with van der Waals surface area (Å²) in [5.41, 5.74) is -1.41. The van der Waals surface area contributed by atoms with E-state index >= 15 is 0 Å². The molecule has 2 aromatic rings. The summed E-state index contributed by atoms with van der Waals surface area (Å²) < 4.78 is 40.5. The molecule has 0 unspecified atom stereocenters. The van der Waals surface area contributed by atoms with Crippen molar-refractivity contribution in [2.24, 2.45) is 0 Å². The van der Waals surface area contributed by atoms with Gasteiger partial charge in [0, 0.05) is 12.7 Å². The smallest absolute Gasteiger partial charge is 0.354 e. The maximum Gasteiger partial charge on any atom is 0.417 e. The van der Waals surface area contributed by atoms with Crippen LogP contribution in [0.1, 0.15) is 46.5 Å². The van der Waals surface area contributed by atoms with Gasteiger partial charge >= 0.3 is 12.2 Å². The fourth-order valence-electron chi connectivity index (χ4n) is 4.37. The number of alkyl halides is 3. The van der Waals surface area contributed by atoms with Gasteiger partial charge in [-0.25, -0.2) is 4.79 Å². The van der Waals surface area contributed by atoms with Crippen molar-refractivity contribution in [1.29, 1.82) is 5.26 Å². The molecule has 0 radical (unpaired) electrons. The Bertz CT molecular complexity index is 1080. The SMILES string of the molecule is CNC(=O)c1ccc(N2C(=O)N(c3ccc(C#N)c(C(F)(F)F)c3)[C@H]3CCCC[C@@H]32)s1. The molecule has 2 atom stereocenters. The largest absolute Gasteiger partial charge is 0.417 e. The molecule has 2 heterocycles. The Morgan fingerprint density at radius 2 is 1.84 bits per heavy atom. The fraction of sp³-hybridized carbons (Fsp3) is 0.381. The monoisotopic (exact) mass is 448 g/mol. The highest BCUT2D eigenvalue weighted by molar-refractivity contribution is 7.18. The molecule has 1 saturated heterocycles. The van der Waals surface area contributed by atoms with Crippen LogP contribution in [0.5, 0.6) is 0 Å². The molecule has 0 bridgehead atoms. The van der Waals surface area contributed by atoms with Crippen LogP contribution in [0.2, 0.25) is 0 Å². The molecule has 1 aromatic heterocycles. The standard InChI is InChI=1S/C21H19F3N4O2S/c1-26-19(29)17-8-9-18(31-17)28-16-5-3-2-4-15(16)27(20(28)30)13-7-6-12(11-25)14(10-13)21(22,23)24/h6-10,15-16H,2-5H2,1H3,(H,26,29)/t15-,16-/m0/s1. The predicted octanol–water partition coefficient (Wildman–Crippen LogP) is 4.76. The Hall–Kier alpha value is -3.06. The van der Waals surface area contributed by atoms with Gasteiger partial charge in [0.15, 0.2) is 0 Å². The third-order valence-electron chi connectivity index (χ3n) is 5.76. The first-order valence-electron chi connectivity index (χ1n) is 9.82. The van der Waals surface area contributed by atoms with Gasteiger partial charge in [-0.3, -0.25) is 14.6 Å². The number of thiophene rings is 1. The van der Waals surface area contributed by atoms with E-state index in [-0.39, 0.29) is 23.7 Å². The van der Waals surface area contributed by atoms with Crippen molar-refractivity contribution in [3.8, 4) is 6.07 Å². The number of carbonyl (C=O) groups excluding carboxylic acids is 2. The molecule has 1 saturated carbocycles. The molecule has 1 N–H and O–H groups in total. The van der Waals surface area contributed by atoms with Crippen molar-refractivity contribution in [3.63, 3.8) is 0 Å². The number of amides is 3. The van der Waals surface area contributed by atoms with Gasteiger partial charge in [0.25, 0.3) is 5.91 Å². The molecule has 4 rings (SSSR count). The highest BCUT2D eigenvalue weighted by Crippen LogP contribution is 2.43. The minimum absolute atomic E-state index is 0.124. The number of nitriles is 1. The van der Waals surface area contributed by atoms with Crippen LogP contribution in [0.3, 0.4) is 0 Å². The van der Waals surface area contributed by atoms with E-state index in [1.54, 1.807) is 23.1 Å². The summed E-state index contributed by atoms with van der Waals surface area (Å²) in [5.74, 6) is -0.262. The van der Waals surface area contributed by atoms with Crippen LogP contribution >= 0.6 is 11.3 Å². The maximum absolute atomic E-state index is 13.5. The van der Waals surface area contributed by atoms with Crippen molar-refractivity contribution in [1.82, 2.24) is 5.32 Å². The molecule has 1 aliphatic carbocycles. The van der Waals surface area contributed by atoms with Gasteiger partial charge in [0.05, 0.1) is 34.2 Å². The number of halogens is 3. The number of fused-ring (bicyclic) bond motifs is 1. The molecule has 0 spiro atoms. The van der Waals surface area contributed by atoms with Crippen LogP contribution in [-0.2, 0) is 6.18 Å². The van der Waals surface area contributed by atoms with Gasteiger partial charge in [-0.2, -0.15) is 18.4 Å². The van der Waals surface area contributed by atoms with Gasteiger partial charge in [0.1, 0.15) is 5.00 Å². The molecule has 162 valence electrons. The van der Waals surface area contributed by atoms with Crippen LogP contribution in [0.25, 0.3) is 0 Å². The number of urea groups is 1. The summed E-state index contributed by atoms with van der Waals surface area (Å²) in [6, 6.07) is 7.41. The first-order valence-corrected chi connectivity index (χ1v) is 10.6. The van der Waals surface area contributed by atoms with Crippen LogP contribution in [0, 0.1) is 11.3 Å². The number of nitrogens with zero attached hydrogens (tertiary/aromatic N) is 3. The molecule has 6 nitrogen and oxygen atoms in total. The molecule has 1 aromatic carbocycles. The molecule has 1 aliphatic heterocycles. The molecule has 31 heavy (non-hydrogen) atoms. The van der Waals surface area contributed by atoms with Crippen LogP contribution in [0.15, 0.2) is 30.3 Å². The van der Waals surface area contributed by atoms with E-state index in [1.165, 1.54) is 29.4 Å². The van der Waals surface area contributed by atoms with Crippen molar-refractivity contribution in [2.45, 2.75) is 43.9 Å². The second-order valence-electron chi connectivity index (χ2n) is 7.50. The lowest BCUT2D eigenvalue weighted by atomic mass is 9.90. The normalized spacial score (nSPS) is 21.1. The Morgan fingerprint density at radius 3 is 2.45 bits per heavy atom. The number of hydrogen-bond donors (Lipinski definition) is 1. The summed E-state index contributed by atoms with van der Waals surface area (Å²) in [6.07, 6.45) is -1.53. The van der Waals surface area contributed by atoms with E-state index < -0.39 is 23.3 Å². The average Bonchev–Trinajstić information content (AvgIpc) is 3.34. The predicted molar refractivity (Wildman–Crippen MR) is 110 cm³/mol. The first kappa shape index (κ1) is 21.2. The Balaban J connectivity index is 1.76. The zero-order valence-corrected chi connectivity index (χ0v) is 17.4. The Labute approximate surface area is 180 Å². The van der Waals surface area contributed by atoms with Crippen molar-refractivity contribution >= 4 is 34.0 Å². The van der Waals surface area contributed by atoms with E-state index in [0.29, 0.717) is 16.3 Å². The highest BCUT2D eigenvalue weighted by Gasteiger charge is 2.49. The van der Waals surface area contributed by atoms with Crippen molar-refractivity contribution in [3.05, 3.63) is 46.3 Å². The van der Waals surface area contributed by atoms with Gasteiger partial charge in [-0.05, 0) is 43.2 Å². The number of nitrogens with one attached hydrogen (secondary N) is 1. The second-order valence-corrected chi connectivity index (χ2v) is 8.56. The average molecular weight is 448 g/mol. The van der Waals surface area contributed by atoms with Crippen molar-refractivity contribution < 1.29 is 22.8 Å². The summed E-state index contributed by atoms with van der Waals surface area (Å²) in [7, 11) is 1.52. The molecule has 2 aliphatic rings. The lowest BCUT2D eigenvalue weighted by molar-refractivity contribution is -0.137. The zero-order valence-electron chi connectivity index (χ0n) is 16.6. The van der Waals surface area contributed by atoms with E-state index in [0.717, 1.165) is 31.4 Å². The third-order valence-corrected chi connectivity index (χ3v) is 6.84. The molecular formula is C21H19F3N4O2S. The summed E-state index contributed by atoms with van der Waals surface area (Å²) in [6.45, 7) is 0. The molecular weight excluding hydrogens is 429 g/mol. The lowest BCUT2D eigenvalue weighted by Gasteiger charge is -2.31. The Kier molecular flexibility index (Phi) is 5.39. The van der Waals surface area contributed by atoms with Crippen LogP contribution in [0.4, 0.5) is 28.7 Å². The number of hydrogen-bond acceptors (Lipinski definition) is 4. The van der Waals surface area contributed by atoms with Gasteiger partial charge in [0.2, 0.25) is 0 Å². The summed E-state index contributed by atoms with van der Waals surface area (Å²) in [4.78, 5) is 28.9. The molecule has 3 amide bonds. The number of rotatable bonds is 3. The quantitative estimate of drug-likeness (QED) is 0.736. The van der Waals surface area contributed by atoms with Crippen molar-refractivity contribution in [2.75, 3.05) is 16.8 Å². The van der Waals surface area contributed by atoms with Crippen LogP contribution in [-0.4, -0.2) is 31.1 Å². The molecule has 10 heteroatoms. The van der Waals surface area contributed by atoms with E-state index in [9.17, 15) is 22.8 Å². The van der Waals surface area contributed by atoms with E-state index in [1.807, 2.05) is 0 Å². The minimum Gasteiger partial charge on any atom is -0.354 e. The minimum atomic E-state index is -4.70. The Morgan fingerprint density at radius 1 is 1.16 bits per heavy atom. The van der Waals surface area contributed by atoms with Gasteiger partial charge in [-0.15, -0.1) is 11.3 Å². The van der Waals surface area contributed by atoms with E-state index in [4.69, 9.17) is 5.26 Å². The second kappa shape index (κ2) is 7.89. The first-order chi connectivity index (χ1) is 14.8. The topological polar surface area (TPSA) is 76.4 Å². The van der Waals surface area contributed by atoms with Crippen LogP contribution < -0.4 is 15.1 Å². The number of carbonyl (C=O) groups is 2. The van der Waals surface area contributed by atoms with E-state index in [2.05, 4.69) is 5.32 Å². The maximum atomic E-state index is 13.5. The lowest BCUT2D eigenvalue weighted by Crippen LogP contribution is -2.40. The number of anilines is 2. The van der Waals surface area contributed by atoms with Gasteiger partial charge in [-0.1, -0.05) is 12.8 Å². The summed E-state index contributed by atoms with van der Waals surface area (Å²) in [5, 5.41) is 12.2. The summed E-state index contributed by atoms with van der Waals surface area (Å²) >= 11 is 1.18. The van der Waals surface area contributed by atoms with Gasteiger partial charge < -0.3 is 5.32 Å².